The Bertz CT molecular complexity index is 678. The second-order valence-electron chi connectivity index (χ2n) is 9.91. The summed E-state index contributed by atoms with van der Waals surface area (Å²) in [5.74, 6) is 3.65. The molecule has 0 aromatic rings. The van der Waals surface area contributed by atoms with Gasteiger partial charge in [0.1, 0.15) is 6.10 Å². The number of carbonyl (C=O) groups excluding carboxylic acids is 2. The van der Waals surface area contributed by atoms with Crippen molar-refractivity contribution in [3.63, 3.8) is 0 Å². The average molecular weight is 405 g/mol. The van der Waals surface area contributed by atoms with Crippen molar-refractivity contribution in [2.45, 2.75) is 84.7 Å². The summed E-state index contributed by atoms with van der Waals surface area (Å²) in [6, 6.07) is 0. The molecule has 4 fully saturated rings. The Morgan fingerprint density at radius 1 is 1.10 bits per heavy atom. The van der Waals surface area contributed by atoms with Gasteiger partial charge in [-0.1, -0.05) is 6.92 Å². The molecule has 0 aromatic carbocycles. The quantitative estimate of drug-likeness (QED) is 0.548. The molecule has 6 nitrogen and oxygen atoms in total. The van der Waals surface area contributed by atoms with Gasteiger partial charge in [-0.3, -0.25) is 4.79 Å². The molecule has 29 heavy (non-hydrogen) atoms. The number of esters is 1. The number of hydrogen-bond donors (Lipinski definition) is 1. The van der Waals surface area contributed by atoms with Gasteiger partial charge in [-0.15, -0.1) is 0 Å². The van der Waals surface area contributed by atoms with E-state index in [1.165, 1.54) is 38.5 Å². The summed E-state index contributed by atoms with van der Waals surface area (Å²) in [6.07, 6.45) is 10.1. The van der Waals surface area contributed by atoms with Crippen LogP contribution in [0.2, 0.25) is 0 Å². The Morgan fingerprint density at radius 3 is 2.69 bits per heavy atom. The standard InChI is InChI=1S/C23H36N2O4/c1-4-28-22(27)25-24-16-6-8-17-15(13-16)5-7-19-18(17)11-12-23(3)20(19)9-10-21(23)29-14(2)26/h15,17-21H,4-13H2,1-3H3,(H,25,27)/t15-,17-,18+,19+,20-,21-,23-/m0/s1. The SMILES string of the molecule is CCOC(=O)NN=C1CC[C@H]2[C@@H](CC[C@@H]3[C@@H]2CC[C@]2(C)[C@@H](OC(C)=O)CC[C@@H]32)C1. The van der Waals surface area contributed by atoms with Crippen LogP contribution in [-0.2, 0) is 14.3 Å². The van der Waals surface area contributed by atoms with Crippen molar-refractivity contribution in [1.29, 1.82) is 0 Å². The third-order valence-corrected chi connectivity index (χ3v) is 8.58. The number of ether oxygens (including phenoxy) is 2. The van der Waals surface area contributed by atoms with Crippen molar-refractivity contribution >= 4 is 17.8 Å². The molecule has 0 radical (unpaired) electrons. The molecular weight excluding hydrogens is 368 g/mol. The summed E-state index contributed by atoms with van der Waals surface area (Å²) in [4.78, 5) is 23.1. The maximum absolute atomic E-state index is 11.6. The second-order valence-corrected chi connectivity index (χ2v) is 9.91. The van der Waals surface area contributed by atoms with Gasteiger partial charge in [0, 0.05) is 18.1 Å². The van der Waals surface area contributed by atoms with Crippen molar-refractivity contribution in [2.75, 3.05) is 6.61 Å². The van der Waals surface area contributed by atoms with E-state index in [9.17, 15) is 9.59 Å². The van der Waals surface area contributed by atoms with Crippen LogP contribution < -0.4 is 5.43 Å². The molecule has 0 aromatic heterocycles. The number of rotatable bonds is 3. The molecule has 0 aliphatic heterocycles. The van der Waals surface area contributed by atoms with Gasteiger partial charge in [-0.2, -0.15) is 5.10 Å². The van der Waals surface area contributed by atoms with Crippen molar-refractivity contribution in [3.05, 3.63) is 0 Å². The van der Waals surface area contributed by atoms with Gasteiger partial charge in [0.25, 0.3) is 0 Å². The predicted molar refractivity (Wildman–Crippen MR) is 110 cm³/mol. The van der Waals surface area contributed by atoms with Crippen molar-refractivity contribution in [3.8, 4) is 0 Å². The van der Waals surface area contributed by atoms with Crippen molar-refractivity contribution in [1.82, 2.24) is 5.43 Å². The monoisotopic (exact) mass is 404 g/mol. The van der Waals surface area contributed by atoms with Crippen LogP contribution in [-0.4, -0.2) is 30.5 Å². The summed E-state index contributed by atoms with van der Waals surface area (Å²) >= 11 is 0. The summed E-state index contributed by atoms with van der Waals surface area (Å²) in [5, 5.41) is 4.34. The summed E-state index contributed by atoms with van der Waals surface area (Å²) < 4.78 is 10.7. The maximum Gasteiger partial charge on any atom is 0.427 e. The lowest BCUT2D eigenvalue weighted by Gasteiger charge is -2.55. The number of hydrogen-bond acceptors (Lipinski definition) is 5. The van der Waals surface area contributed by atoms with E-state index in [0.717, 1.165) is 42.7 Å². The van der Waals surface area contributed by atoms with Gasteiger partial charge in [0.15, 0.2) is 0 Å². The van der Waals surface area contributed by atoms with E-state index in [1.807, 2.05) is 0 Å². The summed E-state index contributed by atoms with van der Waals surface area (Å²) in [6.45, 7) is 6.09. The summed E-state index contributed by atoms with van der Waals surface area (Å²) in [5.41, 5.74) is 3.84. The van der Waals surface area contributed by atoms with Crippen LogP contribution >= 0.6 is 0 Å². The normalized spacial score (nSPS) is 42.4. The number of amides is 1. The topological polar surface area (TPSA) is 77.0 Å². The highest BCUT2D eigenvalue weighted by molar-refractivity contribution is 5.86. The highest BCUT2D eigenvalue weighted by Crippen LogP contribution is 2.62. The smallest absolute Gasteiger partial charge is 0.427 e. The third kappa shape index (κ3) is 3.91. The van der Waals surface area contributed by atoms with Gasteiger partial charge in [-0.25, -0.2) is 10.2 Å². The van der Waals surface area contributed by atoms with Crippen LogP contribution in [0.25, 0.3) is 0 Å². The van der Waals surface area contributed by atoms with E-state index >= 15 is 0 Å². The van der Waals surface area contributed by atoms with E-state index in [4.69, 9.17) is 9.47 Å². The van der Waals surface area contributed by atoms with Gasteiger partial charge in [-0.05, 0) is 94.3 Å². The molecule has 4 aliphatic carbocycles. The second kappa shape index (κ2) is 8.27. The lowest BCUT2D eigenvalue weighted by molar-refractivity contribution is -0.157. The Morgan fingerprint density at radius 2 is 1.93 bits per heavy atom. The molecule has 162 valence electrons. The van der Waals surface area contributed by atoms with Crippen LogP contribution in [0.4, 0.5) is 4.79 Å². The predicted octanol–water partition coefficient (Wildman–Crippen LogP) is 4.67. The Hall–Kier alpha value is -1.59. The molecule has 0 spiro atoms. The van der Waals surface area contributed by atoms with E-state index < -0.39 is 6.09 Å². The zero-order valence-electron chi connectivity index (χ0n) is 18.1. The fourth-order valence-electron chi connectivity index (χ4n) is 7.41. The molecule has 6 heteroatoms. The lowest BCUT2D eigenvalue weighted by Crippen LogP contribution is -2.50. The molecular formula is C23H36N2O4. The summed E-state index contributed by atoms with van der Waals surface area (Å²) in [7, 11) is 0. The molecule has 4 saturated carbocycles. The first kappa shape index (κ1) is 20.7. The highest BCUT2D eigenvalue weighted by Gasteiger charge is 2.58. The number of nitrogens with zero attached hydrogens (tertiary/aromatic N) is 1. The minimum Gasteiger partial charge on any atom is -0.462 e. The molecule has 0 heterocycles. The number of fused-ring (bicyclic) bond motifs is 5. The first-order valence-electron chi connectivity index (χ1n) is 11.6. The Labute approximate surface area is 174 Å². The van der Waals surface area contributed by atoms with Crippen molar-refractivity contribution in [2.24, 2.45) is 40.1 Å². The lowest BCUT2D eigenvalue weighted by atomic mass is 9.50. The molecule has 0 unspecified atom stereocenters. The number of nitrogens with one attached hydrogen (secondary N) is 1. The van der Waals surface area contributed by atoms with Gasteiger partial charge < -0.3 is 9.47 Å². The minimum absolute atomic E-state index is 0.114. The fraction of sp³-hybridized carbons (Fsp3) is 0.870. The molecule has 0 bridgehead atoms. The zero-order valence-corrected chi connectivity index (χ0v) is 18.1. The van der Waals surface area contributed by atoms with E-state index in [0.29, 0.717) is 18.4 Å². The van der Waals surface area contributed by atoms with Crippen LogP contribution in [0.3, 0.4) is 0 Å². The molecule has 7 atom stereocenters. The van der Waals surface area contributed by atoms with Crippen molar-refractivity contribution < 1.29 is 19.1 Å². The van der Waals surface area contributed by atoms with E-state index in [2.05, 4.69) is 17.5 Å². The molecule has 4 aliphatic rings. The highest BCUT2D eigenvalue weighted by atomic mass is 16.6. The minimum atomic E-state index is -0.457. The molecule has 1 N–H and O–H groups in total. The first-order chi connectivity index (χ1) is 13.9. The zero-order chi connectivity index (χ0) is 20.6. The molecule has 1 amide bonds. The van der Waals surface area contributed by atoms with E-state index in [-0.39, 0.29) is 17.5 Å². The van der Waals surface area contributed by atoms with Gasteiger partial charge >= 0.3 is 12.1 Å². The van der Waals surface area contributed by atoms with Crippen LogP contribution in [0.5, 0.6) is 0 Å². The Balaban J connectivity index is 1.40. The van der Waals surface area contributed by atoms with Crippen LogP contribution in [0.1, 0.15) is 78.6 Å². The van der Waals surface area contributed by atoms with Gasteiger partial charge in [0.2, 0.25) is 0 Å². The third-order valence-electron chi connectivity index (χ3n) is 8.58. The largest absolute Gasteiger partial charge is 0.462 e. The molecule has 4 rings (SSSR count). The van der Waals surface area contributed by atoms with Crippen LogP contribution in [0, 0.1) is 35.0 Å². The molecule has 0 saturated heterocycles. The van der Waals surface area contributed by atoms with E-state index in [1.54, 1.807) is 13.8 Å². The fourth-order valence-corrected chi connectivity index (χ4v) is 7.41. The van der Waals surface area contributed by atoms with Crippen LogP contribution in [0.15, 0.2) is 5.10 Å². The first-order valence-corrected chi connectivity index (χ1v) is 11.6. The van der Waals surface area contributed by atoms with Gasteiger partial charge in [0.05, 0.1) is 6.61 Å². The maximum atomic E-state index is 11.6. The number of hydrazone groups is 1. The average Bonchev–Trinajstić information content (AvgIpc) is 3.02. The Kier molecular flexibility index (Phi) is 5.90. The number of carbonyl (C=O) groups is 2.